The Kier molecular flexibility index (Phi) is 2.55. The van der Waals surface area contributed by atoms with E-state index in [2.05, 4.69) is 15.1 Å². The third-order valence-electron chi connectivity index (χ3n) is 2.17. The Labute approximate surface area is 91.9 Å². The molecule has 2 rings (SSSR count). The maximum atomic E-state index is 5.82. The summed E-state index contributed by atoms with van der Waals surface area (Å²) in [6, 6.07) is -0.0776. The highest BCUT2D eigenvalue weighted by atomic mass is 35.5. The molecule has 0 aliphatic rings. The molecule has 0 spiro atoms. The van der Waals surface area contributed by atoms with Gasteiger partial charge in [0.15, 0.2) is 0 Å². The zero-order valence-electron chi connectivity index (χ0n) is 8.13. The maximum absolute atomic E-state index is 5.82. The van der Waals surface area contributed by atoms with Gasteiger partial charge in [-0.25, -0.2) is 4.68 Å². The summed E-state index contributed by atoms with van der Waals surface area (Å²) in [5.74, 6) is 0.440. The molecule has 5 nitrogen and oxygen atoms in total. The highest BCUT2D eigenvalue weighted by Crippen LogP contribution is 2.23. The van der Waals surface area contributed by atoms with Gasteiger partial charge >= 0.3 is 0 Å². The van der Waals surface area contributed by atoms with E-state index >= 15 is 0 Å². The van der Waals surface area contributed by atoms with Crippen molar-refractivity contribution in [3.8, 4) is 0 Å². The average molecular weight is 224 g/mol. The second-order valence-electron chi connectivity index (χ2n) is 3.13. The summed E-state index contributed by atoms with van der Waals surface area (Å²) in [7, 11) is 0. The molecule has 2 aromatic rings. The number of rotatable bonds is 2. The second-order valence-corrected chi connectivity index (χ2v) is 3.54. The van der Waals surface area contributed by atoms with E-state index in [1.807, 2.05) is 6.92 Å². The van der Waals surface area contributed by atoms with Gasteiger partial charge in [0.05, 0.1) is 24.1 Å². The summed E-state index contributed by atoms with van der Waals surface area (Å²) in [4.78, 5) is 8.17. The quantitative estimate of drug-likeness (QED) is 0.838. The second kappa shape index (κ2) is 3.86. The van der Waals surface area contributed by atoms with Gasteiger partial charge in [-0.2, -0.15) is 5.10 Å². The largest absolute Gasteiger partial charge is 0.383 e. The number of hydrogen-bond acceptors (Lipinski definition) is 4. The van der Waals surface area contributed by atoms with Gasteiger partial charge in [0.1, 0.15) is 10.8 Å². The Morgan fingerprint density at radius 3 is 2.73 bits per heavy atom. The lowest BCUT2D eigenvalue weighted by molar-refractivity contribution is 0.557. The van der Waals surface area contributed by atoms with Gasteiger partial charge in [0.25, 0.3) is 0 Å². The first-order valence-electron chi connectivity index (χ1n) is 4.44. The Hall–Kier alpha value is -1.62. The molecular formula is C9H10ClN5. The van der Waals surface area contributed by atoms with Crippen molar-refractivity contribution in [2.75, 3.05) is 5.73 Å². The summed E-state index contributed by atoms with van der Waals surface area (Å²) < 4.78 is 1.62. The smallest absolute Gasteiger partial charge is 0.141 e. The Bertz CT molecular complexity index is 453. The Morgan fingerprint density at radius 2 is 2.20 bits per heavy atom. The van der Waals surface area contributed by atoms with Crippen LogP contribution < -0.4 is 5.73 Å². The molecule has 2 heterocycles. The topological polar surface area (TPSA) is 69.6 Å². The van der Waals surface area contributed by atoms with Crippen molar-refractivity contribution < 1.29 is 0 Å². The number of nitrogens with two attached hydrogens (primary N) is 1. The highest BCUT2D eigenvalue weighted by Gasteiger charge is 2.14. The van der Waals surface area contributed by atoms with Gasteiger partial charge in [-0.3, -0.25) is 9.97 Å². The van der Waals surface area contributed by atoms with E-state index < -0.39 is 0 Å². The van der Waals surface area contributed by atoms with Gasteiger partial charge in [-0.05, 0) is 6.92 Å². The number of halogens is 1. The lowest BCUT2D eigenvalue weighted by Gasteiger charge is -2.12. The average Bonchev–Trinajstić information content (AvgIpc) is 2.60. The third kappa shape index (κ3) is 1.78. The summed E-state index contributed by atoms with van der Waals surface area (Å²) in [5.41, 5.74) is 6.56. The first-order chi connectivity index (χ1) is 7.20. The molecule has 0 aromatic carbocycles. The van der Waals surface area contributed by atoms with Crippen LogP contribution >= 0.6 is 11.6 Å². The zero-order valence-corrected chi connectivity index (χ0v) is 8.89. The van der Waals surface area contributed by atoms with Crippen LogP contribution in [0.1, 0.15) is 18.7 Å². The zero-order chi connectivity index (χ0) is 10.8. The van der Waals surface area contributed by atoms with Gasteiger partial charge in [0.2, 0.25) is 0 Å². The molecule has 1 unspecified atom stereocenters. The molecule has 0 fully saturated rings. The van der Waals surface area contributed by atoms with Crippen molar-refractivity contribution in [2.45, 2.75) is 13.0 Å². The highest BCUT2D eigenvalue weighted by molar-refractivity contribution is 6.32. The normalized spacial score (nSPS) is 12.7. The summed E-state index contributed by atoms with van der Waals surface area (Å²) >= 11 is 5.82. The van der Waals surface area contributed by atoms with Crippen molar-refractivity contribution in [1.29, 1.82) is 0 Å². The molecule has 0 amide bonds. The maximum Gasteiger partial charge on any atom is 0.141 e. The lowest BCUT2D eigenvalue weighted by Crippen LogP contribution is -2.12. The van der Waals surface area contributed by atoms with Crippen LogP contribution in [-0.2, 0) is 0 Å². The van der Waals surface area contributed by atoms with Crippen LogP contribution in [0.2, 0.25) is 5.02 Å². The van der Waals surface area contributed by atoms with Crippen LogP contribution in [0.15, 0.2) is 24.8 Å². The van der Waals surface area contributed by atoms with Gasteiger partial charge in [0, 0.05) is 12.4 Å². The predicted octanol–water partition coefficient (Wildman–Crippen LogP) is 1.52. The van der Waals surface area contributed by atoms with E-state index in [-0.39, 0.29) is 6.04 Å². The van der Waals surface area contributed by atoms with E-state index in [0.29, 0.717) is 10.8 Å². The molecule has 1 atom stereocenters. The fourth-order valence-corrected chi connectivity index (χ4v) is 1.44. The monoisotopic (exact) mass is 223 g/mol. The fraction of sp³-hybridized carbons (Fsp3) is 0.222. The molecule has 78 valence electrons. The molecule has 0 bridgehead atoms. The summed E-state index contributed by atoms with van der Waals surface area (Å²) in [5, 5.41) is 4.53. The first kappa shape index (κ1) is 9.92. The van der Waals surface area contributed by atoms with E-state index in [4.69, 9.17) is 17.3 Å². The van der Waals surface area contributed by atoms with Crippen LogP contribution in [0.5, 0.6) is 0 Å². The van der Waals surface area contributed by atoms with Crippen LogP contribution in [-0.4, -0.2) is 19.7 Å². The lowest BCUT2D eigenvalue weighted by atomic mass is 10.2. The molecule has 0 aliphatic heterocycles. The molecule has 2 aromatic heterocycles. The molecule has 0 saturated heterocycles. The van der Waals surface area contributed by atoms with Gasteiger partial charge in [-0.15, -0.1) is 0 Å². The van der Waals surface area contributed by atoms with Crippen molar-refractivity contribution >= 4 is 17.4 Å². The van der Waals surface area contributed by atoms with Crippen molar-refractivity contribution in [1.82, 2.24) is 19.7 Å². The molecule has 0 saturated carbocycles. The van der Waals surface area contributed by atoms with E-state index in [0.717, 1.165) is 5.69 Å². The van der Waals surface area contributed by atoms with Gasteiger partial charge in [-0.1, -0.05) is 11.6 Å². The standard InChI is InChI=1S/C9H10ClN5/c1-6(8-5-12-2-3-13-8)15-9(11)7(10)4-14-15/h2-6H,11H2,1H3. The first-order valence-corrected chi connectivity index (χ1v) is 4.82. The SMILES string of the molecule is CC(c1cnccn1)n1ncc(Cl)c1N. The predicted molar refractivity (Wildman–Crippen MR) is 57.5 cm³/mol. The van der Waals surface area contributed by atoms with Crippen LogP contribution in [0.25, 0.3) is 0 Å². The summed E-state index contributed by atoms with van der Waals surface area (Å²) in [6.45, 7) is 1.93. The number of anilines is 1. The Balaban J connectivity index is 2.37. The fourth-order valence-electron chi connectivity index (χ4n) is 1.31. The number of hydrogen-bond donors (Lipinski definition) is 1. The van der Waals surface area contributed by atoms with Crippen LogP contribution in [0.4, 0.5) is 5.82 Å². The minimum Gasteiger partial charge on any atom is -0.383 e. The molecule has 2 N–H and O–H groups in total. The molecule has 0 aliphatic carbocycles. The minimum absolute atomic E-state index is 0.0776. The number of nitrogens with zero attached hydrogens (tertiary/aromatic N) is 4. The van der Waals surface area contributed by atoms with E-state index in [9.17, 15) is 0 Å². The van der Waals surface area contributed by atoms with E-state index in [1.54, 1.807) is 23.3 Å². The van der Waals surface area contributed by atoms with E-state index in [1.165, 1.54) is 6.20 Å². The van der Waals surface area contributed by atoms with Crippen molar-refractivity contribution in [3.05, 3.63) is 35.5 Å². The van der Waals surface area contributed by atoms with Crippen molar-refractivity contribution in [3.63, 3.8) is 0 Å². The Morgan fingerprint density at radius 1 is 1.40 bits per heavy atom. The molecular weight excluding hydrogens is 214 g/mol. The molecule has 15 heavy (non-hydrogen) atoms. The summed E-state index contributed by atoms with van der Waals surface area (Å²) in [6.07, 6.45) is 6.45. The third-order valence-corrected chi connectivity index (χ3v) is 2.46. The number of aromatic nitrogens is 4. The number of nitrogen functional groups attached to an aromatic ring is 1. The molecule has 0 radical (unpaired) electrons. The molecule has 6 heteroatoms. The van der Waals surface area contributed by atoms with Crippen molar-refractivity contribution in [2.24, 2.45) is 0 Å². The minimum atomic E-state index is -0.0776. The van der Waals surface area contributed by atoms with Gasteiger partial charge < -0.3 is 5.73 Å². The van der Waals surface area contributed by atoms with Crippen LogP contribution in [0, 0.1) is 0 Å². The van der Waals surface area contributed by atoms with Crippen LogP contribution in [0.3, 0.4) is 0 Å².